The zero-order chi connectivity index (χ0) is 11.3. The second kappa shape index (κ2) is 5.14. The van der Waals surface area contributed by atoms with Crippen molar-refractivity contribution in [2.45, 2.75) is 20.0 Å². The van der Waals surface area contributed by atoms with E-state index in [0.29, 0.717) is 5.56 Å². The van der Waals surface area contributed by atoms with E-state index in [9.17, 15) is 4.79 Å². The third-order valence-corrected chi connectivity index (χ3v) is 1.60. The number of aliphatic carboxylic acids is 1. The molecule has 1 aromatic carbocycles. The number of oxime groups is 1. The van der Waals surface area contributed by atoms with Crippen LogP contribution >= 0.6 is 0 Å². The van der Waals surface area contributed by atoms with Crippen molar-refractivity contribution in [1.82, 2.24) is 0 Å². The third-order valence-electron chi connectivity index (χ3n) is 1.60. The molecule has 0 unspecified atom stereocenters. The predicted octanol–water partition coefficient (Wildman–Crippen LogP) is 1.90. The maximum atomic E-state index is 10.9. The summed E-state index contributed by atoms with van der Waals surface area (Å²) in [5.74, 6) is -1.10. The average molecular weight is 207 g/mol. The normalized spacial score (nSPS) is 11.5. The first-order valence-corrected chi connectivity index (χ1v) is 4.63. The van der Waals surface area contributed by atoms with Gasteiger partial charge < -0.3 is 9.94 Å². The molecule has 1 aromatic rings. The molecule has 0 spiro atoms. The van der Waals surface area contributed by atoms with Gasteiger partial charge in [0.2, 0.25) is 0 Å². The van der Waals surface area contributed by atoms with Crippen molar-refractivity contribution in [2.24, 2.45) is 5.16 Å². The highest BCUT2D eigenvalue weighted by Crippen LogP contribution is 2.03. The van der Waals surface area contributed by atoms with Gasteiger partial charge in [0.05, 0.1) is 0 Å². The van der Waals surface area contributed by atoms with Crippen LogP contribution in [0.3, 0.4) is 0 Å². The van der Waals surface area contributed by atoms with Crippen molar-refractivity contribution in [2.75, 3.05) is 0 Å². The van der Waals surface area contributed by atoms with Gasteiger partial charge >= 0.3 is 5.97 Å². The molecule has 4 nitrogen and oxygen atoms in total. The van der Waals surface area contributed by atoms with Crippen LogP contribution in [0, 0.1) is 0 Å². The summed E-state index contributed by atoms with van der Waals surface area (Å²) in [6.07, 6.45) is -0.136. The van der Waals surface area contributed by atoms with Gasteiger partial charge in [-0.05, 0) is 13.8 Å². The summed E-state index contributed by atoms with van der Waals surface area (Å²) in [4.78, 5) is 15.8. The lowest BCUT2D eigenvalue weighted by atomic mass is 10.1. The van der Waals surface area contributed by atoms with Crippen molar-refractivity contribution >= 4 is 11.7 Å². The molecular formula is C11H13NO3. The predicted molar refractivity (Wildman–Crippen MR) is 56.8 cm³/mol. The van der Waals surface area contributed by atoms with Crippen LogP contribution in [-0.2, 0) is 9.63 Å². The summed E-state index contributed by atoms with van der Waals surface area (Å²) >= 11 is 0. The van der Waals surface area contributed by atoms with E-state index in [1.807, 2.05) is 6.07 Å². The second-order valence-corrected chi connectivity index (χ2v) is 3.27. The van der Waals surface area contributed by atoms with Gasteiger partial charge in [-0.1, -0.05) is 35.5 Å². The maximum absolute atomic E-state index is 10.9. The van der Waals surface area contributed by atoms with Crippen LogP contribution in [-0.4, -0.2) is 22.9 Å². The number of nitrogens with zero attached hydrogens (tertiary/aromatic N) is 1. The largest absolute Gasteiger partial charge is 0.476 e. The van der Waals surface area contributed by atoms with Crippen LogP contribution in [0.25, 0.3) is 0 Å². The van der Waals surface area contributed by atoms with Crippen LogP contribution in [0.2, 0.25) is 0 Å². The van der Waals surface area contributed by atoms with Crippen molar-refractivity contribution in [3.8, 4) is 0 Å². The van der Waals surface area contributed by atoms with Crippen LogP contribution < -0.4 is 0 Å². The van der Waals surface area contributed by atoms with E-state index < -0.39 is 5.97 Å². The fourth-order valence-electron chi connectivity index (χ4n) is 0.969. The first kappa shape index (κ1) is 11.2. The highest BCUT2D eigenvalue weighted by Gasteiger charge is 2.13. The summed E-state index contributed by atoms with van der Waals surface area (Å²) in [7, 11) is 0. The maximum Gasteiger partial charge on any atom is 0.358 e. The molecule has 0 aliphatic carbocycles. The summed E-state index contributed by atoms with van der Waals surface area (Å²) in [5.41, 5.74) is 0.454. The zero-order valence-corrected chi connectivity index (χ0v) is 8.68. The minimum Gasteiger partial charge on any atom is -0.476 e. The zero-order valence-electron chi connectivity index (χ0n) is 8.68. The highest BCUT2D eigenvalue weighted by atomic mass is 16.6. The van der Waals surface area contributed by atoms with Gasteiger partial charge in [-0.3, -0.25) is 0 Å². The standard InChI is InChI=1S/C11H13NO3/c1-8(2)15-12-10(11(13)14)9-6-4-3-5-7-9/h3-8H,1-2H3,(H,13,14). The quantitative estimate of drug-likeness (QED) is 0.606. The minimum absolute atomic E-state index is 0.0794. The van der Waals surface area contributed by atoms with E-state index in [-0.39, 0.29) is 11.8 Å². The lowest BCUT2D eigenvalue weighted by Crippen LogP contribution is -2.15. The van der Waals surface area contributed by atoms with E-state index >= 15 is 0 Å². The van der Waals surface area contributed by atoms with Crippen LogP contribution in [0.15, 0.2) is 35.5 Å². The lowest BCUT2D eigenvalue weighted by Gasteiger charge is -2.04. The third kappa shape index (κ3) is 3.42. The molecule has 1 rings (SSSR count). The van der Waals surface area contributed by atoms with Crippen LogP contribution in [0.5, 0.6) is 0 Å². The minimum atomic E-state index is -1.10. The summed E-state index contributed by atoms with van der Waals surface area (Å²) < 4.78 is 0. The van der Waals surface area contributed by atoms with E-state index in [0.717, 1.165) is 0 Å². The topological polar surface area (TPSA) is 58.9 Å². The molecule has 0 saturated carbocycles. The molecule has 1 N–H and O–H groups in total. The molecule has 0 fully saturated rings. The van der Waals surface area contributed by atoms with E-state index in [4.69, 9.17) is 9.94 Å². The Morgan fingerprint density at radius 2 is 1.93 bits per heavy atom. The summed E-state index contributed by atoms with van der Waals surface area (Å²) in [6.45, 7) is 3.57. The van der Waals surface area contributed by atoms with Gasteiger partial charge in [-0.2, -0.15) is 0 Å². The Morgan fingerprint density at radius 1 is 1.33 bits per heavy atom. The Kier molecular flexibility index (Phi) is 3.85. The highest BCUT2D eigenvalue weighted by molar-refractivity contribution is 6.42. The number of carboxylic acids is 1. The van der Waals surface area contributed by atoms with E-state index in [1.165, 1.54) is 0 Å². The SMILES string of the molecule is CC(C)ON=C(C(=O)O)c1ccccc1. The first-order valence-electron chi connectivity index (χ1n) is 4.63. The molecule has 0 aliphatic heterocycles. The Morgan fingerprint density at radius 3 is 2.40 bits per heavy atom. The molecule has 15 heavy (non-hydrogen) atoms. The van der Waals surface area contributed by atoms with Crippen LogP contribution in [0.1, 0.15) is 19.4 Å². The number of hydrogen-bond acceptors (Lipinski definition) is 3. The fraction of sp³-hybridized carbons (Fsp3) is 0.273. The molecule has 0 heterocycles. The molecule has 80 valence electrons. The van der Waals surface area contributed by atoms with Crippen LogP contribution in [0.4, 0.5) is 0 Å². The number of rotatable bonds is 4. The molecule has 0 aromatic heterocycles. The average Bonchev–Trinajstić information content (AvgIpc) is 2.18. The Labute approximate surface area is 88.2 Å². The van der Waals surface area contributed by atoms with Gasteiger partial charge in [0.1, 0.15) is 6.10 Å². The van der Waals surface area contributed by atoms with Gasteiger partial charge in [-0.15, -0.1) is 0 Å². The number of carboxylic acid groups (broad SMARTS) is 1. The van der Waals surface area contributed by atoms with Gasteiger partial charge in [0.25, 0.3) is 0 Å². The van der Waals surface area contributed by atoms with Crippen molar-refractivity contribution < 1.29 is 14.7 Å². The summed E-state index contributed by atoms with van der Waals surface area (Å²) in [5, 5.41) is 12.5. The molecule has 0 atom stereocenters. The number of hydrogen-bond donors (Lipinski definition) is 1. The van der Waals surface area contributed by atoms with E-state index in [2.05, 4.69) is 5.16 Å². The molecule has 0 radical (unpaired) electrons. The number of carbonyl (C=O) groups is 1. The Hall–Kier alpha value is -1.84. The first-order chi connectivity index (χ1) is 7.11. The number of benzene rings is 1. The van der Waals surface area contributed by atoms with Gasteiger partial charge in [0, 0.05) is 5.56 Å². The second-order valence-electron chi connectivity index (χ2n) is 3.27. The lowest BCUT2D eigenvalue weighted by molar-refractivity contribution is -0.129. The monoisotopic (exact) mass is 207 g/mol. The van der Waals surface area contributed by atoms with Crippen molar-refractivity contribution in [3.05, 3.63) is 35.9 Å². The fourth-order valence-corrected chi connectivity index (χ4v) is 0.969. The molecule has 0 saturated heterocycles. The molecule has 4 heteroatoms. The Bertz CT molecular complexity index is 357. The molecular weight excluding hydrogens is 194 g/mol. The molecule has 0 aliphatic rings. The summed E-state index contributed by atoms with van der Waals surface area (Å²) in [6, 6.07) is 8.67. The molecule has 0 amide bonds. The Balaban J connectivity index is 2.94. The smallest absolute Gasteiger partial charge is 0.358 e. The van der Waals surface area contributed by atoms with Gasteiger partial charge in [0.15, 0.2) is 5.71 Å². The van der Waals surface area contributed by atoms with Crippen molar-refractivity contribution in [1.29, 1.82) is 0 Å². The van der Waals surface area contributed by atoms with Crippen molar-refractivity contribution in [3.63, 3.8) is 0 Å². The van der Waals surface area contributed by atoms with E-state index in [1.54, 1.807) is 38.1 Å². The molecule has 0 bridgehead atoms. The van der Waals surface area contributed by atoms with Gasteiger partial charge in [-0.25, -0.2) is 4.79 Å².